The van der Waals surface area contributed by atoms with Crippen molar-refractivity contribution in [2.45, 2.75) is 6.92 Å². The number of pyridine rings is 1. The Morgan fingerprint density at radius 3 is 2.75 bits per heavy atom. The molecule has 1 N–H and O–H groups in total. The molecule has 1 aromatic heterocycles. The Bertz CT molecular complexity index is 694. The minimum Gasteiger partial charge on any atom is -0.322 e. The summed E-state index contributed by atoms with van der Waals surface area (Å²) >= 11 is 14.7. The molecule has 2 aromatic rings. The van der Waals surface area contributed by atoms with Gasteiger partial charge in [0, 0.05) is 11.9 Å². The molecule has 1 amide bonds. The molecule has 2 rings (SSSR count). The Morgan fingerprint density at radius 2 is 2.05 bits per heavy atom. The smallest absolute Gasteiger partial charge is 0.257 e. The van der Waals surface area contributed by atoms with Crippen molar-refractivity contribution in [2.75, 3.05) is 5.32 Å². The van der Waals surface area contributed by atoms with Crippen LogP contribution in [0.4, 0.5) is 10.1 Å². The van der Waals surface area contributed by atoms with E-state index in [1.54, 1.807) is 6.92 Å². The van der Waals surface area contributed by atoms with Gasteiger partial charge in [-0.2, -0.15) is 0 Å². The minimum atomic E-state index is -0.444. The number of aryl methyl sites for hydroxylation is 1. The molecule has 3 nitrogen and oxygen atoms in total. The molecule has 0 spiro atoms. The average molecular weight is 378 g/mol. The van der Waals surface area contributed by atoms with Gasteiger partial charge in [-0.3, -0.25) is 4.79 Å². The number of halogens is 4. The summed E-state index contributed by atoms with van der Waals surface area (Å²) in [5, 5.41) is 3.01. The number of anilines is 1. The zero-order valence-electron chi connectivity index (χ0n) is 10.2. The summed E-state index contributed by atoms with van der Waals surface area (Å²) in [6.07, 6.45) is 1.30. The van der Waals surface area contributed by atoms with E-state index in [4.69, 9.17) is 23.2 Å². The fourth-order valence-corrected chi connectivity index (χ4v) is 2.25. The van der Waals surface area contributed by atoms with Crippen LogP contribution in [0.5, 0.6) is 0 Å². The lowest BCUT2D eigenvalue weighted by molar-refractivity contribution is 0.102. The number of amides is 1. The lowest BCUT2D eigenvalue weighted by Crippen LogP contribution is -2.13. The van der Waals surface area contributed by atoms with Crippen molar-refractivity contribution in [2.24, 2.45) is 0 Å². The molecule has 0 aliphatic rings. The molecule has 0 saturated heterocycles. The number of carbonyl (C=O) groups is 1. The zero-order valence-corrected chi connectivity index (χ0v) is 13.3. The predicted molar refractivity (Wildman–Crippen MR) is 81.0 cm³/mol. The highest BCUT2D eigenvalue weighted by Crippen LogP contribution is 2.26. The quantitative estimate of drug-likeness (QED) is 0.760. The third-order valence-electron chi connectivity index (χ3n) is 2.58. The van der Waals surface area contributed by atoms with Gasteiger partial charge in [-0.15, -0.1) is 0 Å². The maximum Gasteiger partial charge on any atom is 0.257 e. The van der Waals surface area contributed by atoms with Gasteiger partial charge in [-0.1, -0.05) is 23.2 Å². The summed E-state index contributed by atoms with van der Waals surface area (Å²) < 4.78 is 13.6. The van der Waals surface area contributed by atoms with E-state index in [9.17, 15) is 9.18 Å². The lowest BCUT2D eigenvalue weighted by atomic mass is 10.2. The normalized spacial score (nSPS) is 10.4. The van der Waals surface area contributed by atoms with Crippen molar-refractivity contribution in [3.63, 3.8) is 0 Å². The third-order valence-corrected chi connectivity index (χ3v) is 3.70. The molecule has 0 aliphatic heterocycles. The first-order chi connectivity index (χ1) is 9.38. The van der Waals surface area contributed by atoms with E-state index >= 15 is 0 Å². The third kappa shape index (κ3) is 3.29. The number of aromatic nitrogens is 1. The molecule has 0 radical (unpaired) electrons. The second kappa shape index (κ2) is 6.08. The standard InChI is InChI=1S/C13H8BrCl2FN2O/c1-6-2-10(17)8(14)4-11(6)19-13(20)7-3-12(16)18-5-9(7)15/h2-5H,1H3,(H,19,20). The molecule has 0 bridgehead atoms. The van der Waals surface area contributed by atoms with Crippen LogP contribution in [0.1, 0.15) is 15.9 Å². The van der Waals surface area contributed by atoms with Crippen LogP contribution >= 0.6 is 39.1 Å². The highest BCUT2D eigenvalue weighted by atomic mass is 79.9. The van der Waals surface area contributed by atoms with Gasteiger partial charge in [0.15, 0.2) is 0 Å². The number of benzene rings is 1. The molecule has 0 fully saturated rings. The highest BCUT2D eigenvalue weighted by Gasteiger charge is 2.14. The zero-order chi connectivity index (χ0) is 14.9. The molecule has 20 heavy (non-hydrogen) atoms. The summed E-state index contributed by atoms with van der Waals surface area (Å²) in [4.78, 5) is 15.9. The number of nitrogens with zero attached hydrogens (tertiary/aromatic N) is 1. The number of hydrogen-bond donors (Lipinski definition) is 1. The van der Waals surface area contributed by atoms with Crippen LogP contribution in [0.15, 0.2) is 28.9 Å². The first-order valence-electron chi connectivity index (χ1n) is 5.46. The SMILES string of the molecule is Cc1cc(F)c(Br)cc1NC(=O)c1cc(Cl)ncc1Cl. The average Bonchev–Trinajstić information content (AvgIpc) is 2.38. The second-order valence-corrected chi connectivity index (χ2v) is 5.67. The van der Waals surface area contributed by atoms with Crippen LogP contribution in [0, 0.1) is 12.7 Å². The number of rotatable bonds is 2. The Kier molecular flexibility index (Phi) is 4.62. The van der Waals surface area contributed by atoms with E-state index in [1.165, 1.54) is 24.4 Å². The molecule has 0 unspecified atom stereocenters. The van der Waals surface area contributed by atoms with E-state index in [0.717, 1.165) is 0 Å². The monoisotopic (exact) mass is 376 g/mol. The summed E-state index contributed by atoms with van der Waals surface area (Å²) in [6, 6.07) is 4.17. The minimum absolute atomic E-state index is 0.163. The predicted octanol–water partition coefficient (Wildman–Crippen LogP) is 4.85. The molecular weight excluding hydrogens is 370 g/mol. The van der Waals surface area contributed by atoms with E-state index in [1.807, 2.05) is 0 Å². The first-order valence-corrected chi connectivity index (χ1v) is 7.01. The van der Waals surface area contributed by atoms with E-state index in [0.29, 0.717) is 11.3 Å². The molecule has 104 valence electrons. The van der Waals surface area contributed by atoms with Crippen LogP contribution in [0.25, 0.3) is 0 Å². The van der Waals surface area contributed by atoms with Gasteiger partial charge in [0.1, 0.15) is 11.0 Å². The fraction of sp³-hybridized carbons (Fsp3) is 0.0769. The summed E-state index contributed by atoms with van der Waals surface area (Å²) in [5.41, 5.74) is 1.27. The van der Waals surface area contributed by atoms with Crippen LogP contribution in [-0.2, 0) is 0 Å². The molecule has 0 aliphatic carbocycles. The van der Waals surface area contributed by atoms with Gasteiger partial charge < -0.3 is 5.32 Å². The van der Waals surface area contributed by atoms with E-state index < -0.39 is 11.7 Å². The number of nitrogens with one attached hydrogen (secondary N) is 1. The molecule has 1 heterocycles. The molecule has 1 aromatic carbocycles. The van der Waals surface area contributed by atoms with Crippen molar-refractivity contribution in [3.05, 3.63) is 56.0 Å². The molecule has 0 atom stereocenters. The summed E-state index contributed by atoms with van der Waals surface area (Å²) in [6.45, 7) is 1.69. The van der Waals surface area contributed by atoms with Crippen LogP contribution in [-0.4, -0.2) is 10.9 Å². The Balaban J connectivity index is 2.32. The van der Waals surface area contributed by atoms with Gasteiger partial charge in [0.05, 0.1) is 15.1 Å². The van der Waals surface area contributed by atoms with Crippen molar-refractivity contribution >= 4 is 50.7 Å². The van der Waals surface area contributed by atoms with Crippen LogP contribution in [0.2, 0.25) is 10.2 Å². The summed E-state index contributed by atoms with van der Waals surface area (Å²) in [7, 11) is 0. The van der Waals surface area contributed by atoms with Crippen molar-refractivity contribution in [1.29, 1.82) is 0 Å². The van der Waals surface area contributed by atoms with Gasteiger partial charge >= 0.3 is 0 Å². The molecular formula is C13H8BrCl2FN2O. The number of carbonyl (C=O) groups excluding carboxylic acids is 1. The Morgan fingerprint density at radius 1 is 1.35 bits per heavy atom. The van der Waals surface area contributed by atoms with Gasteiger partial charge in [0.25, 0.3) is 5.91 Å². The number of hydrogen-bond acceptors (Lipinski definition) is 2. The topological polar surface area (TPSA) is 42.0 Å². The highest BCUT2D eigenvalue weighted by molar-refractivity contribution is 9.10. The second-order valence-electron chi connectivity index (χ2n) is 4.02. The molecule has 0 saturated carbocycles. The van der Waals surface area contributed by atoms with Crippen LogP contribution in [0.3, 0.4) is 0 Å². The van der Waals surface area contributed by atoms with Gasteiger partial charge in [-0.25, -0.2) is 9.37 Å². The van der Waals surface area contributed by atoms with Crippen molar-refractivity contribution in [3.8, 4) is 0 Å². The van der Waals surface area contributed by atoms with Gasteiger partial charge in [0.2, 0.25) is 0 Å². The van der Waals surface area contributed by atoms with Crippen LogP contribution < -0.4 is 5.32 Å². The fourth-order valence-electron chi connectivity index (χ4n) is 1.56. The molecule has 7 heteroatoms. The lowest BCUT2D eigenvalue weighted by Gasteiger charge is -2.10. The summed E-state index contributed by atoms with van der Waals surface area (Å²) in [5.74, 6) is -0.841. The van der Waals surface area contributed by atoms with E-state index in [2.05, 4.69) is 26.2 Å². The maximum absolute atomic E-state index is 13.3. The Labute approximate surface area is 133 Å². The largest absolute Gasteiger partial charge is 0.322 e. The Hall–Kier alpha value is -1.17. The van der Waals surface area contributed by atoms with E-state index in [-0.39, 0.29) is 20.2 Å². The maximum atomic E-state index is 13.3. The van der Waals surface area contributed by atoms with Crippen molar-refractivity contribution in [1.82, 2.24) is 4.98 Å². The first kappa shape index (κ1) is 15.2. The van der Waals surface area contributed by atoms with Crippen molar-refractivity contribution < 1.29 is 9.18 Å². The van der Waals surface area contributed by atoms with Gasteiger partial charge in [-0.05, 0) is 46.6 Å².